The van der Waals surface area contributed by atoms with Gasteiger partial charge in [0.1, 0.15) is 17.9 Å². The molecule has 0 spiro atoms. The Balaban J connectivity index is 0.927. The molecule has 9 nitrogen and oxygen atoms in total. The molecule has 3 atom stereocenters. The number of benzene rings is 1. The summed E-state index contributed by atoms with van der Waals surface area (Å²) >= 11 is 0. The summed E-state index contributed by atoms with van der Waals surface area (Å²) in [7, 11) is 0. The highest BCUT2D eigenvalue weighted by atomic mass is 16.5. The maximum atomic E-state index is 13.1. The Bertz CT molecular complexity index is 1290. The van der Waals surface area contributed by atoms with E-state index in [9.17, 15) is 19.2 Å². The fourth-order valence-electron chi connectivity index (χ4n) is 9.03. The van der Waals surface area contributed by atoms with Crippen molar-refractivity contribution in [2.45, 2.75) is 115 Å². The first-order valence-electron chi connectivity index (χ1n) is 17.3. The van der Waals surface area contributed by atoms with Crippen LogP contribution in [0.3, 0.4) is 0 Å². The Labute approximate surface area is 261 Å². The van der Waals surface area contributed by atoms with Crippen molar-refractivity contribution in [2.75, 3.05) is 26.2 Å². The van der Waals surface area contributed by atoms with Gasteiger partial charge in [0, 0.05) is 43.1 Å². The molecule has 2 aliphatic carbocycles. The summed E-state index contributed by atoms with van der Waals surface area (Å²) in [6.07, 6.45) is 13.4. The zero-order chi connectivity index (χ0) is 30.4. The van der Waals surface area contributed by atoms with Crippen molar-refractivity contribution >= 4 is 23.6 Å². The molecule has 4 aliphatic heterocycles. The minimum absolute atomic E-state index is 0.0792. The number of carbonyl (C=O) groups is 4. The van der Waals surface area contributed by atoms with Crippen LogP contribution in [0.1, 0.15) is 106 Å². The number of piperidine rings is 3. The van der Waals surface area contributed by atoms with E-state index < -0.39 is 6.04 Å². The molecule has 238 valence electrons. The number of imide groups is 1. The van der Waals surface area contributed by atoms with Gasteiger partial charge in [-0.25, -0.2) is 0 Å². The van der Waals surface area contributed by atoms with Gasteiger partial charge in [0.15, 0.2) is 0 Å². The van der Waals surface area contributed by atoms with Crippen LogP contribution in [0.5, 0.6) is 5.75 Å². The molecule has 7 rings (SSSR count). The number of likely N-dealkylation sites (tertiary alicyclic amines) is 2. The Hall–Kier alpha value is -2.94. The molecule has 0 aromatic heterocycles. The first-order valence-corrected chi connectivity index (χ1v) is 17.3. The second kappa shape index (κ2) is 12.1. The topological polar surface area (TPSA) is 99.3 Å². The van der Waals surface area contributed by atoms with E-state index in [0.717, 1.165) is 87.9 Å². The highest BCUT2D eigenvalue weighted by Gasteiger charge is 2.44. The van der Waals surface area contributed by atoms with E-state index in [2.05, 4.69) is 22.0 Å². The van der Waals surface area contributed by atoms with E-state index in [1.807, 2.05) is 18.2 Å². The summed E-state index contributed by atoms with van der Waals surface area (Å²) in [6, 6.07) is 5.54. The molecule has 2 saturated carbocycles. The molecule has 1 N–H and O–H groups in total. The maximum absolute atomic E-state index is 13.1. The standard InChI is InChI=1S/C35H48N4O5/c1-35(15-4-16-35)34(43)38-19-13-24(14-20-38)23-11-17-37(18-12-23)28-5-2-3-6-30(28)44-26-7-8-27-25(21-26)22-39(33(27)42)29-9-10-31(40)36-32(29)41/h7-8,21,23-24,28-30H,2-6,9-20,22H2,1H3,(H,36,40,41)/t28-,29?,30-/m0/s1. The second-order valence-corrected chi connectivity index (χ2v) is 14.6. The number of carbonyl (C=O) groups excluding carboxylic acids is 4. The van der Waals surface area contributed by atoms with Crippen molar-refractivity contribution in [3.63, 3.8) is 0 Å². The molecular weight excluding hydrogens is 556 g/mol. The van der Waals surface area contributed by atoms with Crippen molar-refractivity contribution in [2.24, 2.45) is 17.3 Å². The maximum Gasteiger partial charge on any atom is 0.255 e. The number of rotatable bonds is 6. The normalized spacial score (nSPS) is 30.1. The zero-order valence-electron chi connectivity index (χ0n) is 26.2. The monoisotopic (exact) mass is 604 g/mol. The van der Waals surface area contributed by atoms with Crippen LogP contribution in [-0.2, 0) is 20.9 Å². The van der Waals surface area contributed by atoms with Gasteiger partial charge in [0.25, 0.3) is 5.91 Å². The predicted octanol–water partition coefficient (Wildman–Crippen LogP) is 4.28. The lowest BCUT2D eigenvalue weighted by atomic mass is 9.69. The molecule has 4 amide bonds. The summed E-state index contributed by atoms with van der Waals surface area (Å²) in [5, 5.41) is 2.38. The van der Waals surface area contributed by atoms with E-state index >= 15 is 0 Å². The molecule has 3 saturated heterocycles. The van der Waals surface area contributed by atoms with Crippen molar-refractivity contribution in [3.05, 3.63) is 29.3 Å². The molecule has 9 heteroatoms. The quantitative estimate of drug-likeness (QED) is 0.487. The first-order chi connectivity index (χ1) is 21.3. The van der Waals surface area contributed by atoms with Gasteiger partial charge in [-0.15, -0.1) is 0 Å². The van der Waals surface area contributed by atoms with Gasteiger partial charge < -0.3 is 14.5 Å². The fraction of sp³-hybridized carbons (Fsp3) is 0.714. The van der Waals surface area contributed by atoms with Gasteiger partial charge in [-0.2, -0.15) is 0 Å². The third-order valence-corrected chi connectivity index (χ3v) is 12.0. The number of nitrogens with one attached hydrogen (secondary N) is 1. The van der Waals surface area contributed by atoms with Gasteiger partial charge in [-0.1, -0.05) is 19.8 Å². The summed E-state index contributed by atoms with van der Waals surface area (Å²) in [5.74, 6) is 1.89. The summed E-state index contributed by atoms with van der Waals surface area (Å²) < 4.78 is 6.68. The van der Waals surface area contributed by atoms with Crippen LogP contribution in [0.25, 0.3) is 0 Å². The highest BCUT2D eigenvalue weighted by Crippen LogP contribution is 2.43. The average molecular weight is 605 g/mol. The van der Waals surface area contributed by atoms with Crippen molar-refractivity contribution in [1.82, 2.24) is 20.0 Å². The largest absolute Gasteiger partial charge is 0.489 e. The molecule has 1 unspecified atom stereocenters. The number of fused-ring (bicyclic) bond motifs is 1. The van der Waals surface area contributed by atoms with Crippen LogP contribution in [-0.4, -0.2) is 82.7 Å². The summed E-state index contributed by atoms with van der Waals surface area (Å²) in [6.45, 7) is 6.64. The molecule has 4 heterocycles. The number of hydrogen-bond acceptors (Lipinski definition) is 6. The lowest BCUT2D eigenvalue weighted by Gasteiger charge is -2.46. The van der Waals surface area contributed by atoms with E-state index in [-0.39, 0.29) is 35.7 Å². The van der Waals surface area contributed by atoms with Crippen molar-refractivity contribution in [3.8, 4) is 5.75 Å². The number of ether oxygens (including phenoxy) is 1. The van der Waals surface area contributed by atoms with Gasteiger partial charge in [0.2, 0.25) is 17.7 Å². The SMILES string of the molecule is CC1(C(=O)N2CCC(C3CCN([C@H]4CCCC[C@@H]4Oc4ccc5c(c4)CN(C4CCC(=O)NC4=O)C5=O)CC3)CC2)CCC1. The molecule has 0 radical (unpaired) electrons. The van der Waals surface area contributed by atoms with Crippen LogP contribution in [0.2, 0.25) is 0 Å². The molecule has 5 fully saturated rings. The van der Waals surface area contributed by atoms with Gasteiger partial charge in [0.05, 0.1) is 0 Å². The minimum atomic E-state index is -0.603. The molecule has 1 aromatic carbocycles. The predicted molar refractivity (Wildman–Crippen MR) is 165 cm³/mol. The second-order valence-electron chi connectivity index (χ2n) is 14.6. The molecule has 44 heavy (non-hydrogen) atoms. The van der Waals surface area contributed by atoms with Crippen LogP contribution < -0.4 is 10.1 Å². The van der Waals surface area contributed by atoms with Crippen LogP contribution in [0, 0.1) is 17.3 Å². The third-order valence-electron chi connectivity index (χ3n) is 12.0. The van der Waals surface area contributed by atoms with Crippen molar-refractivity contribution in [1.29, 1.82) is 0 Å². The third kappa shape index (κ3) is 5.65. The van der Waals surface area contributed by atoms with Crippen LogP contribution in [0.4, 0.5) is 0 Å². The summed E-state index contributed by atoms with van der Waals surface area (Å²) in [5.41, 5.74) is 1.43. The zero-order valence-corrected chi connectivity index (χ0v) is 26.2. The van der Waals surface area contributed by atoms with E-state index in [0.29, 0.717) is 30.5 Å². The number of hydrogen-bond donors (Lipinski definition) is 1. The Morgan fingerprint density at radius 2 is 1.59 bits per heavy atom. The average Bonchev–Trinajstić information content (AvgIpc) is 3.35. The molecule has 1 aromatic rings. The lowest BCUT2D eigenvalue weighted by Crippen LogP contribution is -2.52. The lowest BCUT2D eigenvalue weighted by molar-refractivity contribution is -0.148. The summed E-state index contributed by atoms with van der Waals surface area (Å²) in [4.78, 5) is 56.6. The van der Waals surface area contributed by atoms with Gasteiger partial charge >= 0.3 is 0 Å². The van der Waals surface area contributed by atoms with Gasteiger partial charge in [-0.3, -0.25) is 29.4 Å². The molecule has 6 aliphatic rings. The van der Waals surface area contributed by atoms with Crippen molar-refractivity contribution < 1.29 is 23.9 Å². The Morgan fingerprint density at radius 1 is 0.886 bits per heavy atom. The highest BCUT2D eigenvalue weighted by molar-refractivity contribution is 6.05. The smallest absolute Gasteiger partial charge is 0.255 e. The van der Waals surface area contributed by atoms with E-state index in [1.54, 1.807) is 4.90 Å². The Morgan fingerprint density at radius 3 is 2.27 bits per heavy atom. The molecule has 0 bridgehead atoms. The van der Waals surface area contributed by atoms with Crippen LogP contribution in [0.15, 0.2) is 18.2 Å². The minimum Gasteiger partial charge on any atom is -0.489 e. The first kappa shape index (κ1) is 29.8. The van der Waals surface area contributed by atoms with Crippen LogP contribution >= 0.6 is 0 Å². The number of nitrogens with zero attached hydrogens (tertiary/aromatic N) is 3. The van der Waals surface area contributed by atoms with E-state index in [4.69, 9.17) is 4.74 Å². The van der Waals surface area contributed by atoms with Gasteiger partial charge in [-0.05, 0) is 113 Å². The molecular formula is C35H48N4O5. The number of amides is 4. The Kier molecular flexibility index (Phi) is 8.18. The fourth-order valence-corrected chi connectivity index (χ4v) is 9.03. The van der Waals surface area contributed by atoms with E-state index in [1.165, 1.54) is 32.1 Å².